The Labute approximate surface area is 99.1 Å². The number of hydrogen-bond donors (Lipinski definition) is 0. The van der Waals surface area contributed by atoms with E-state index in [0.717, 1.165) is 0 Å². The van der Waals surface area contributed by atoms with Crippen LogP contribution in [0.3, 0.4) is 0 Å². The zero-order valence-electron chi connectivity index (χ0n) is 8.75. The monoisotopic (exact) mass is 302 g/mol. The first kappa shape index (κ1) is 15.9. The molecule has 0 aromatic heterocycles. The molecule has 1 saturated heterocycles. The van der Waals surface area contributed by atoms with E-state index in [9.17, 15) is 26.3 Å². The SMILES string of the molecule is FC(F)(F)COP(OCC1CO1)OCC(F)(F)F. The molecule has 11 heteroatoms. The summed E-state index contributed by atoms with van der Waals surface area (Å²) in [7, 11) is -2.70. The molecule has 1 unspecified atom stereocenters. The van der Waals surface area contributed by atoms with Crippen LogP contribution >= 0.6 is 8.60 Å². The van der Waals surface area contributed by atoms with E-state index in [2.05, 4.69) is 18.3 Å². The van der Waals surface area contributed by atoms with Crippen LogP contribution in [-0.2, 0) is 18.3 Å². The van der Waals surface area contributed by atoms with Crippen LogP contribution in [-0.4, -0.2) is 44.9 Å². The van der Waals surface area contributed by atoms with Gasteiger partial charge in [0.05, 0.1) is 13.2 Å². The van der Waals surface area contributed by atoms with E-state index >= 15 is 0 Å². The summed E-state index contributed by atoms with van der Waals surface area (Å²) in [6.07, 6.45) is -9.65. The first-order valence-electron chi connectivity index (χ1n) is 4.60. The maximum absolute atomic E-state index is 11.8. The molecule has 1 aliphatic heterocycles. The molecule has 0 bridgehead atoms. The Balaban J connectivity index is 2.30. The second-order valence-electron chi connectivity index (χ2n) is 3.25. The van der Waals surface area contributed by atoms with Gasteiger partial charge in [0.15, 0.2) is 13.2 Å². The normalized spacial score (nSPS) is 20.5. The minimum absolute atomic E-state index is 0.165. The first-order chi connectivity index (χ1) is 8.16. The molecule has 0 aliphatic carbocycles. The highest BCUT2D eigenvalue weighted by atomic mass is 31.2. The van der Waals surface area contributed by atoms with Gasteiger partial charge < -0.3 is 18.3 Å². The number of epoxide rings is 1. The molecule has 1 fully saturated rings. The third-order valence-corrected chi connectivity index (χ3v) is 2.48. The fraction of sp³-hybridized carbons (Fsp3) is 1.00. The fourth-order valence-electron chi connectivity index (χ4n) is 0.672. The third-order valence-electron chi connectivity index (χ3n) is 1.44. The minimum atomic E-state index is -4.67. The molecule has 0 amide bonds. The summed E-state index contributed by atoms with van der Waals surface area (Å²) in [5, 5.41) is 0. The van der Waals surface area contributed by atoms with Gasteiger partial charge in [0, 0.05) is 0 Å². The van der Waals surface area contributed by atoms with E-state index in [1.807, 2.05) is 0 Å². The smallest absolute Gasteiger partial charge is 0.371 e. The van der Waals surface area contributed by atoms with Crippen molar-refractivity contribution in [3.63, 3.8) is 0 Å². The Morgan fingerprint density at radius 2 is 1.39 bits per heavy atom. The van der Waals surface area contributed by atoms with E-state index in [0.29, 0.717) is 6.61 Å². The predicted octanol–water partition coefficient (Wildman–Crippen LogP) is 2.79. The summed E-state index contributed by atoms with van der Waals surface area (Å²) in [6.45, 7) is -3.28. The van der Waals surface area contributed by atoms with Crippen LogP contribution < -0.4 is 0 Å². The first-order valence-corrected chi connectivity index (χ1v) is 5.69. The van der Waals surface area contributed by atoms with E-state index in [4.69, 9.17) is 0 Å². The molecule has 1 aliphatic rings. The highest BCUT2D eigenvalue weighted by Crippen LogP contribution is 2.43. The molecular formula is C7H9F6O4P. The molecule has 1 rings (SSSR count). The van der Waals surface area contributed by atoms with Gasteiger partial charge >= 0.3 is 21.0 Å². The Morgan fingerprint density at radius 1 is 0.944 bits per heavy atom. The molecule has 0 aromatic carbocycles. The van der Waals surface area contributed by atoms with E-state index in [1.54, 1.807) is 0 Å². The highest BCUT2D eigenvalue weighted by Gasteiger charge is 2.35. The Bertz CT molecular complexity index is 235. The summed E-state index contributed by atoms with van der Waals surface area (Å²) in [5.74, 6) is 0. The third kappa shape index (κ3) is 8.87. The van der Waals surface area contributed by atoms with Gasteiger partial charge in [-0.05, 0) is 0 Å². The lowest BCUT2D eigenvalue weighted by molar-refractivity contribution is -0.166. The summed E-state index contributed by atoms with van der Waals surface area (Å²) in [5.41, 5.74) is 0. The maximum atomic E-state index is 11.8. The van der Waals surface area contributed by atoms with Crippen molar-refractivity contribution >= 4 is 8.60 Å². The largest absolute Gasteiger partial charge is 0.412 e. The molecule has 0 aromatic rings. The van der Waals surface area contributed by atoms with E-state index < -0.39 is 34.2 Å². The Hall–Kier alpha value is -0.150. The number of halogens is 6. The van der Waals surface area contributed by atoms with Crippen LogP contribution in [0.1, 0.15) is 0 Å². The van der Waals surface area contributed by atoms with Crippen molar-refractivity contribution in [1.82, 2.24) is 0 Å². The lowest BCUT2D eigenvalue weighted by Gasteiger charge is -2.18. The molecule has 1 heterocycles. The van der Waals surface area contributed by atoms with Gasteiger partial charge in [0.1, 0.15) is 6.10 Å². The molecule has 108 valence electrons. The average Bonchev–Trinajstić information content (AvgIpc) is 2.97. The number of ether oxygens (including phenoxy) is 1. The van der Waals surface area contributed by atoms with Gasteiger partial charge in [-0.1, -0.05) is 0 Å². The van der Waals surface area contributed by atoms with Crippen molar-refractivity contribution in [2.45, 2.75) is 18.5 Å². The summed E-state index contributed by atoms with van der Waals surface area (Å²) in [6, 6.07) is 0. The molecule has 0 spiro atoms. The van der Waals surface area contributed by atoms with Crippen LogP contribution in [0.25, 0.3) is 0 Å². The van der Waals surface area contributed by atoms with Gasteiger partial charge in [0.2, 0.25) is 0 Å². The van der Waals surface area contributed by atoms with Gasteiger partial charge in [-0.15, -0.1) is 0 Å². The van der Waals surface area contributed by atoms with Crippen LogP contribution in [0.5, 0.6) is 0 Å². The van der Waals surface area contributed by atoms with Gasteiger partial charge in [-0.25, -0.2) is 0 Å². The van der Waals surface area contributed by atoms with Crippen LogP contribution in [0.2, 0.25) is 0 Å². The van der Waals surface area contributed by atoms with Crippen molar-refractivity contribution in [1.29, 1.82) is 0 Å². The molecular weight excluding hydrogens is 293 g/mol. The van der Waals surface area contributed by atoms with Gasteiger partial charge in [-0.3, -0.25) is 0 Å². The highest BCUT2D eigenvalue weighted by molar-refractivity contribution is 7.41. The number of rotatable bonds is 7. The molecule has 18 heavy (non-hydrogen) atoms. The van der Waals surface area contributed by atoms with E-state index in [1.165, 1.54) is 0 Å². The zero-order chi connectivity index (χ0) is 13.8. The Morgan fingerprint density at radius 3 is 1.72 bits per heavy atom. The van der Waals surface area contributed by atoms with Gasteiger partial charge in [0.25, 0.3) is 0 Å². The van der Waals surface area contributed by atoms with Crippen LogP contribution in [0.15, 0.2) is 0 Å². The topological polar surface area (TPSA) is 40.2 Å². The second kappa shape index (κ2) is 6.33. The quantitative estimate of drug-likeness (QED) is 0.412. The second-order valence-corrected chi connectivity index (χ2v) is 4.47. The number of hydrogen-bond acceptors (Lipinski definition) is 4. The summed E-state index contributed by atoms with van der Waals surface area (Å²) < 4.78 is 88.5. The van der Waals surface area contributed by atoms with Crippen molar-refractivity contribution in [3.05, 3.63) is 0 Å². The van der Waals surface area contributed by atoms with Crippen molar-refractivity contribution in [2.75, 3.05) is 26.4 Å². The van der Waals surface area contributed by atoms with E-state index in [-0.39, 0.29) is 12.7 Å². The standard InChI is InChI=1S/C7H9F6O4P/c8-6(9,10)3-16-18(15-2-5-1-14-5)17-4-7(11,12)13/h5H,1-4H2. The van der Waals surface area contributed by atoms with Crippen LogP contribution in [0, 0.1) is 0 Å². The molecule has 0 N–H and O–H groups in total. The van der Waals surface area contributed by atoms with Crippen molar-refractivity contribution in [3.8, 4) is 0 Å². The molecule has 1 atom stereocenters. The van der Waals surface area contributed by atoms with Gasteiger partial charge in [-0.2, -0.15) is 26.3 Å². The molecule has 0 saturated carbocycles. The van der Waals surface area contributed by atoms with Crippen LogP contribution in [0.4, 0.5) is 26.3 Å². The number of alkyl halides is 6. The predicted molar refractivity (Wildman–Crippen MR) is 46.6 cm³/mol. The fourth-order valence-corrected chi connectivity index (χ4v) is 1.69. The maximum Gasteiger partial charge on any atom is 0.412 e. The van der Waals surface area contributed by atoms with Crippen molar-refractivity contribution < 1.29 is 44.7 Å². The minimum Gasteiger partial charge on any atom is -0.371 e. The molecule has 4 nitrogen and oxygen atoms in total. The lowest BCUT2D eigenvalue weighted by atomic mass is 10.5. The zero-order valence-corrected chi connectivity index (χ0v) is 9.65. The Kier molecular flexibility index (Phi) is 5.60. The average molecular weight is 302 g/mol. The molecule has 0 radical (unpaired) electrons. The lowest BCUT2D eigenvalue weighted by Crippen LogP contribution is -2.19. The van der Waals surface area contributed by atoms with Crippen molar-refractivity contribution in [2.24, 2.45) is 0 Å². The summed E-state index contributed by atoms with van der Waals surface area (Å²) >= 11 is 0. The summed E-state index contributed by atoms with van der Waals surface area (Å²) in [4.78, 5) is 0.